The molecule has 0 radical (unpaired) electrons. The number of carbonyl (C=O) groups is 1. The second kappa shape index (κ2) is 6.71. The molecule has 1 amide bonds. The Bertz CT molecular complexity index is 314. The number of para-hydroxylation sites is 1. The highest BCUT2D eigenvalue weighted by molar-refractivity contribution is 5.67. The van der Waals surface area contributed by atoms with E-state index in [0.29, 0.717) is 6.54 Å². The summed E-state index contributed by atoms with van der Waals surface area (Å²) in [5, 5.41) is 6.02. The zero-order valence-corrected chi connectivity index (χ0v) is 9.69. The summed E-state index contributed by atoms with van der Waals surface area (Å²) in [6.45, 7) is 2.71. The number of hydrogen-bond acceptors (Lipinski definition) is 3. The van der Waals surface area contributed by atoms with Crippen molar-refractivity contribution in [2.24, 2.45) is 0 Å². The summed E-state index contributed by atoms with van der Waals surface area (Å²) in [6.07, 6.45) is 0.469. The standard InChI is InChI=1S/C12H18N2O2/c1-3-10(14-12(15)16-2)9-13-11-7-5-4-6-8-11/h4-8,10,13H,3,9H2,1-2H3,(H,14,15). The fourth-order valence-electron chi connectivity index (χ4n) is 1.32. The van der Waals surface area contributed by atoms with Crippen molar-refractivity contribution >= 4 is 11.8 Å². The minimum absolute atomic E-state index is 0.0765. The van der Waals surface area contributed by atoms with Crippen molar-refractivity contribution < 1.29 is 9.53 Å². The van der Waals surface area contributed by atoms with Gasteiger partial charge in [-0.15, -0.1) is 0 Å². The molecule has 0 aromatic heterocycles. The predicted octanol–water partition coefficient (Wildman–Crippen LogP) is 2.23. The molecule has 1 atom stereocenters. The summed E-state index contributed by atoms with van der Waals surface area (Å²) < 4.78 is 4.56. The number of anilines is 1. The molecule has 0 fully saturated rings. The van der Waals surface area contributed by atoms with Crippen LogP contribution in [0.15, 0.2) is 30.3 Å². The van der Waals surface area contributed by atoms with Crippen molar-refractivity contribution in [3.05, 3.63) is 30.3 Å². The van der Waals surface area contributed by atoms with Gasteiger partial charge in [0, 0.05) is 18.3 Å². The van der Waals surface area contributed by atoms with Crippen molar-refractivity contribution in [3.63, 3.8) is 0 Å². The number of methoxy groups -OCH3 is 1. The molecule has 4 heteroatoms. The Hall–Kier alpha value is -1.71. The zero-order chi connectivity index (χ0) is 11.8. The number of carbonyl (C=O) groups excluding carboxylic acids is 1. The lowest BCUT2D eigenvalue weighted by molar-refractivity contribution is 0.167. The molecule has 0 heterocycles. The second-order valence-corrected chi connectivity index (χ2v) is 3.49. The van der Waals surface area contributed by atoms with E-state index in [2.05, 4.69) is 15.4 Å². The predicted molar refractivity (Wildman–Crippen MR) is 64.6 cm³/mol. The van der Waals surface area contributed by atoms with Gasteiger partial charge < -0.3 is 15.4 Å². The lowest BCUT2D eigenvalue weighted by atomic mass is 10.2. The summed E-state index contributed by atoms with van der Waals surface area (Å²) in [5.74, 6) is 0. The van der Waals surface area contributed by atoms with Crippen LogP contribution in [-0.2, 0) is 4.74 Å². The van der Waals surface area contributed by atoms with Crippen molar-refractivity contribution in [1.82, 2.24) is 5.32 Å². The van der Waals surface area contributed by atoms with Gasteiger partial charge in [0.05, 0.1) is 7.11 Å². The third kappa shape index (κ3) is 4.21. The van der Waals surface area contributed by atoms with Crippen LogP contribution < -0.4 is 10.6 Å². The second-order valence-electron chi connectivity index (χ2n) is 3.49. The van der Waals surface area contributed by atoms with Gasteiger partial charge in [-0.05, 0) is 18.6 Å². The van der Waals surface area contributed by atoms with Gasteiger partial charge in [0.2, 0.25) is 0 Å². The van der Waals surface area contributed by atoms with Gasteiger partial charge in [-0.3, -0.25) is 0 Å². The number of benzene rings is 1. The highest BCUT2D eigenvalue weighted by atomic mass is 16.5. The first-order chi connectivity index (χ1) is 7.76. The fraction of sp³-hybridized carbons (Fsp3) is 0.417. The van der Waals surface area contributed by atoms with Gasteiger partial charge in [-0.2, -0.15) is 0 Å². The molecule has 88 valence electrons. The van der Waals surface area contributed by atoms with E-state index in [9.17, 15) is 4.79 Å². The quantitative estimate of drug-likeness (QED) is 0.803. The number of rotatable bonds is 5. The molecular weight excluding hydrogens is 204 g/mol. The lowest BCUT2D eigenvalue weighted by Gasteiger charge is -2.17. The maximum atomic E-state index is 11.0. The van der Waals surface area contributed by atoms with Crippen LogP contribution in [0.4, 0.5) is 10.5 Å². The highest BCUT2D eigenvalue weighted by Gasteiger charge is 2.09. The molecular formula is C12H18N2O2. The largest absolute Gasteiger partial charge is 0.453 e. The van der Waals surface area contributed by atoms with Crippen molar-refractivity contribution in [2.75, 3.05) is 19.0 Å². The van der Waals surface area contributed by atoms with Gasteiger partial charge in [0.15, 0.2) is 0 Å². The summed E-state index contributed by atoms with van der Waals surface area (Å²) in [5.41, 5.74) is 1.05. The van der Waals surface area contributed by atoms with Gasteiger partial charge in [0.1, 0.15) is 0 Å². The zero-order valence-electron chi connectivity index (χ0n) is 9.69. The normalized spacial score (nSPS) is 11.6. The number of hydrogen-bond donors (Lipinski definition) is 2. The Morgan fingerprint density at radius 3 is 2.62 bits per heavy atom. The summed E-state index contributed by atoms with van der Waals surface area (Å²) in [6, 6.07) is 9.96. The third-order valence-electron chi connectivity index (χ3n) is 2.33. The molecule has 2 N–H and O–H groups in total. The van der Waals surface area contributed by atoms with E-state index < -0.39 is 0 Å². The Morgan fingerprint density at radius 1 is 1.38 bits per heavy atom. The molecule has 0 saturated heterocycles. The van der Waals surface area contributed by atoms with E-state index in [1.165, 1.54) is 7.11 Å². The number of ether oxygens (including phenoxy) is 1. The van der Waals surface area contributed by atoms with Gasteiger partial charge in [-0.1, -0.05) is 25.1 Å². The molecule has 0 bridgehead atoms. The van der Waals surface area contributed by atoms with Crippen LogP contribution in [0.5, 0.6) is 0 Å². The maximum Gasteiger partial charge on any atom is 0.407 e. The van der Waals surface area contributed by atoms with E-state index in [-0.39, 0.29) is 12.1 Å². The van der Waals surface area contributed by atoms with E-state index >= 15 is 0 Å². The Kier molecular flexibility index (Phi) is 5.19. The average Bonchev–Trinajstić information content (AvgIpc) is 2.35. The third-order valence-corrected chi connectivity index (χ3v) is 2.33. The smallest absolute Gasteiger partial charge is 0.407 e. The minimum atomic E-state index is -0.387. The van der Waals surface area contributed by atoms with E-state index in [0.717, 1.165) is 12.1 Å². The molecule has 0 aliphatic heterocycles. The Balaban J connectivity index is 2.37. The topological polar surface area (TPSA) is 50.4 Å². The van der Waals surface area contributed by atoms with Crippen LogP contribution in [0.2, 0.25) is 0 Å². The molecule has 1 aromatic rings. The summed E-state index contributed by atoms with van der Waals surface area (Å²) in [7, 11) is 1.37. The first-order valence-corrected chi connectivity index (χ1v) is 5.39. The summed E-state index contributed by atoms with van der Waals surface area (Å²) in [4.78, 5) is 11.0. The maximum absolute atomic E-state index is 11.0. The van der Waals surface area contributed by atoms with Crippen LogP contribution in [-0.4, -0.2) is 25.8 Å². The average molecular weight is 222 g/mol. The monoisotopic (exact) mass is 222 g/mol. The Labute approximate surface area is 96.0 Å². The molecule has 0 aliphatic rings. The van der Waals surface area contributed by atoms with Crippen molar-refractivity contribution in [1.29, 1.82) is 0 Å². The SMILES string of the molecule is CCC(CNc1ccccc1)NC(=O)OC. The van der Waals surface area contributed by atoms with Crippen LogP contribution in [0, 0.1) is 0 Å². The highest BCUT2D eigenvalue weighted by Crippen LogP contribution is 2.05. The first kappa shape index (κ1) is 12.4. The molecule has 1 aromatic carbocycles. The first-order valence-electron chi connectivity index (χ1n) is 5.39. The van der Waals surface area contributed by atoms with E-state index in [4.69, 9.17) is 0 Å². The molecule has 0 saturated carbocycles. The molecule has 0 aliphatic carbocycles. The minimum Gasteiger partial charge on any atom is -0.453 e. The molecule has 1 unspecified atom stereocenters. The molecule has 16 heavy (non-hydrogen) atoms. The number of nitrogens with one attached hydrogen (secondary N) is 2. The number of amides is 1. The van der Waals surface area contributed by atoms with Crippen LogP contribution in [0.1, 0.15) is 13.3 Å². The molecule has 1 rings (SSSR count). The lowest BCUT2D eigenvalue weighted by Crippen LogP contribution is -2.39. The van der Waals surface area contributed by atoms with E-state index in [1.807, 2.05) is 37.3 Å². The van der Waals surface area contributed by atoms with Gasteiger partial charge in [0.25, 0.3) is 0 Å². The fourth-order valence-corrected chi connectivity index (χ4v) is 1.32. The van der Waals surface area contributed by atoms with Crippen LogP contribution in [0.3, 0.4) is 0 Å². The number of alkyl carbamates (subject to hydrolysis) is 1. The summed E-state index contributed by atoms with van der Waals surface area (Å²) >= 11 is 0. The van der Waals surface area contributed by atoms with Gasteiger partial charge in [-0.25, -0.2) is 4.79 Å². The van der Waals surface area contributed by atoms with Crippen molar-refractivity contribution in [3.8, 4) is 0 Å². The molecule has 0 spiro atoms. The molecule has 4 nitrogen and oxygen atoms in total. The van der Waals surface area contributed by atoms with Crippen molar-refractivity contribution in [2.45, 2.75) is 19.4 Å². The van der Waals surface area contributed by atoms with Gasteiger partial charge >= 0.3 is 6.09 Å². The Morgan fingerprint density at radius 2 is 2.06 bits per heavy atom. The van der Waals surface area contributed by atoms with Crippen LogP contribution >= 0.6 is 0 Å². The van der Waals surface area contributed by atoms with E-state index in [1.54, 1.807) is 0 Å². The van der Waals surface area contributed by atoms with Crippen LogP contribution in [0.25, 0.3) is 0 Å².